The van der Waals surface area contributed by atoms with Gasteiger partial charge in [-0.1, -0.05) is 174 Å². The van der Waals surface area contributed by atoms with Crippen molar-refractivity contribution < 1.29 is 43.0 Å². The Bertz CT molecular complexity index is 724. The minimum atomic E-state index is -4.50. The highest BCUT2D eigenvalue weighted by molar-refractivity contribution is 7.47. The lowest BCUT2D eigenvalue weighted by atomic mass is 10.0. The van der Waals surface area contributed by atoms with Crippen LogP contribution in [0.15, 0.2) is 0 Å². The maximum atomic E-state index is 12.4. The fourth-order valence-electron chi connectivity index (χ4n) is 5.71. The van der Waals surface area contributed by atoms with Crippen LogP contribution in [0.5, 0.6) is 0 Å². The standard InChI is InChI=1S/C38H77O9P/c1-3-5-7-9-11-12-13-14-15-16-17-18-19-20-21-22-23-25-27-29-31-44-34-37(35-46-48(42,43)45-33-36(40)32-39)47-38(41)30-28-26-24-10-8-6-4-2/h36-37,39-40H,3-35H2,1-2H3,(H,42,43)/t36-,37+/m0/s1. The molecular weight excluding hydrogens is 631 g/mol. The van der Waals surface area contributed by atoms with Gasteiger partial charge in [0.05, 0.1) is 26.4 Å². The van der Waals surface area contributed by atoms with E-state index < -0.39 is 33.2 Å². The van der Waals surface area contributed by atoms with Crippen molar-refractivity contribution in [3.05, 3.63) is 0 Å². The Morgan fingerprint density at radius 3 is 1.35 bits per heavy atom. The smallest absolute Gasteiger partial charge is 0.457 e. The zero-order valence-electron chi connectivity index (χ0n) is 31.2. The molecule has 0 aromatic rings. The summed E-state index contributed by atoms with van der Waals surface area (Å²) in [7, 11) is -4.50. The number of aliphatic hydroxyl groups is 2. The number of ether oxygens (including phenoxy) is 2. The predicted octanol–water partition coefficient (Wildman–Crippen LogP) is 10.4. The fraction of sp³-hybridized carbons (Fsp3) is 0.974. The zero-order chi connectivity index (χ0) is 35.4. The molecule has 0 aromatic carbocycles. The van der Waals surface area contributed by atoms with Gasteiger partial charge in [-0.2, -0.15) is 0 Å². The molecule has 0 heterocycles. The molecule has 1 unspecified atom stereocenters. The van der Waals surface area contributed by atoms with Gasteiger partial charge in [0.15, 0.2) is 0 Å². The molecule has 0 rings (SSSR count). The Morgan fingerprint density at radius 2 is 0.938 bits per heavy atom. The molecule has 0 aromatic heterocycles. The van der Waals surface area contributed by atoms with E-state index in [2.05, 4.69) is 13.8 Å². The van der Waals surface area contributed by atoms with Gasteiger partial charge in [-0.05, 0) is 12.8 Å². The molecule has 0 saturated heterocycles. The van der Waals surface area contributed by atoms with Crippen molar-refractivity contribution in [3.8, 4) is 0 Å². The average Bonchev–Trinajstić information content (AvgIpc) is 3.07. The van der Waals surface area contributed by atoms with E-state index in [9.17, 15) is 19.4 Å². The van der Waals surface area contributed by atoms with Gasteiger partial charge in [0, 0.05) is 13.0 Å². The van der Waals surface area contributed by atoms with Crippen molar-refractivity contribution in [2.45, 2.75) is 206 Å². The summed E-state index contributed by atoms with van der Waals surface area (Å²) in [6.45, 7) is 3.50. The van der Waals surface area contributed by atoms with E-state index in [1.807, 2.05) is 0 Å². The van der Waals surface area contributed by atoms with Crippen molar-refractivity contribution in [3.63, 3.8) is 0 Å². The van der Waals surface area contributed by atoms with Crippen LogP contribution in [-0.2, 0) is 27.9 Å². The van der Waals surface area contributed by atoms with Crippen molar-refractivity contribution in [1.29, 1.82) is 0 Å². The van der Waals surface area contributed by atoms with Crippen molar-refractivity contribution in [2.24, 2.45) is 0 Å². The van der Waals surface area contributed by atoms with E-state index in [0.29, 0.717) is 6.61 Å². The van der Waals surface area contributed by atoms with Crippen molar-refractivity contribution >= 4 is 13.8 Å². The number of esters is 1. The topological polar surface area (TPSA) is 132 Å². The summed E-state index contributed by atoms with van der Waals surface area (Å²) in [6.07, 6.45) is 32.3. The summed E-state index contributed by atoms with van der Waals surface area (Å²) in [5, 5.41) is 18.2. The number of carbonyl (C=O) groups excluding carboxylic acids is 1. The Morgan fingerprint density at radius 1 is 0.562 bits per heavy atom. The number of aliphatic hydroxyl groups excluding tert-OH is 2. The Labute approximate surface area is 295 Å². The third kappa shape index (κ3) is 35.3. The lowest BCUT2D eigenvalue weighted by molar-refractivity contribution is -0.154. The first-order chi connectivity index (χ1) is 23.3. The van der Waals surface area contributed by atoms with E-state index in [-0.39, 0.29) is 25.6 Å². The van der Waals surface area contributed by atoms with Gasteiger partial charge in [0.25, 0.3) is 0 Å². The Hall–Kier alpha value is -0.540. The lowest BCUT2D eigenvalue weighted by Gasteiger charge is -2.20. The van der Waals surface area contributed by atoms with Crippen molar-refractivity contribution in [2.75, 3.05) is 33.0 Å². The number of hydrogen-bond acceptors (Lipinski definition) is 8. The Kier molecular flexibility index (Phi) is 35.8. The minimum absolute atomic E-state index is 0.0567. The van der Waals surface area contributed by atoms with E-state index >= 15 is 0 Å². The predicted molar refractivity (Wildman–Crippen MR) is 196 cm³/mol. The summed E-state index contributed by atoms with van der Waals surface area (Å²) in [5.74, 6) is -0.385. The first-order valence-electron chi connectivity index (χ1n) is 20.0. The highest BCUT2D eigenvalue weighted by Gasteiger charge is 2.26. The normalized spacial score (nSPS) is 14.2. The average molecular weight is 709 g/mol. The quantitative estimate of drug-likeness (QED) is 0.0324. The zero-order valence-corrected chi connectivity index (χ0v) is 32.1. The van der Waals surface area contributed by atoms with E-state index in [0.717, 1.165) is 32.1 Å². The molecule has 48 heavy (non-hydrogen) atoms. The molecule has 0 saturated carbocycles. The summed E-state index contributed by atoms with van der Waals surface area (Å²) < 4.78 is 33.1. The molecule has 0 aliphatic heterocycles. The number of unbranched alkanes of at least 4 members (excludes halogenated alkanes) is 25. The SMILES string of the molecule is CCCCCCCCCCCCCCCCCCCCCCOC[C@H](COP(=O)(O)OC[C@@H](O)CO)OC(=O)CCCCCCCCC. The van der Waals surface area contributed by atoms with Crippen LogP contribution in [0.2, 0.25) is 0 Å². The molecule has 0 fully saturated rings. The van der Waals surface area contributed by atoms with Crippen LogP contribution >= 0.6 is 7.82 Å². The van der Waals surface area contributed by atoms with Gasteiger partial charge >= 0.3 is 13.8 Å². The number of rotatable bonds is 39. The van der Waals surface area contributed by atoms with E-state index in [4.69, 9.17) is 23.6 Å². The second kappa shape index (κ2) is 36.3. The van der Waals surface area contributed by atoms with Gasteiger partial charge in [0.1, 0.15) is 12.2 Å². The molecule has 0 spiro atoms. The van der Waals surface area contributed by atoms with E-state index in [1.165, 1.54) is 141 Å². The van der Waals surface area contributed by atoms with Gasteiger partial charge in [0.2, 0.25) is 0 Å². The molecule has 0 aliphatic carbocycles. The lowest BCUT2D eigenvalue weighted by Crippen LogP contribution is -2.29. The van der Waals surface area contributed by atoms with Crippen LogP contribution in [0.1, 0.15) is 194 Å². The molecule has 3 N–H and O–H groups in total. The van der Waals surface area contributed by atoms with Crippen LogP contribution in [0, 0.1) is 0 Å². The summed E-state index contributed by atoms with van der Waals surface area (Å²) in [4.78, 5) is 22.3. The van der Waals surface area contributed by atoms with E-state index in [1.54, 1.807) is 0 Å². The molecule has 0 radical (unpaired) electrons. The summed E-state index contributed by atoms with van der Waals surface area (Å²) in [6, 6.07) is 0. The second-order valence-electron chi connectivity index (χ2n) is 13.7. The minimum Gasteiger partial charge on any atom is -0.457 e. The third-order valence-corrected chi connectivity index (χ3v) is 9.74. The van der Waals surface area contributed by atoms with Crippen LogP contribution in [0.25, 0.3) is 0 Å². The molecule has 0 amide bonds. The number of phosphoric ester groups is 1. The largest absolute Gasteiger partial charge is 0.472 e. The number of phosphoric acid groups is 1. The molecule has 10 heteroatoms. The monoisotopic (exact) mass is 709 g/mol. The van der Waals surface area contributed by atoms with Crippen LogP contribution in [0.3, 0.4) is 0 Å². The highest BCUT2D eigenvalue weighted by Crippen LogP contribution is 2.43. The van der Waals surface area contributed by atoms with Crippen LogP contribution in [-0.4, -0.2) is 66.3 Å². The second-order valence-corrected chi connectivity index (χ2v) is 15.1. The molecular formula is C38H77O9P. The summed E-state index contributed by atoms with van der Waals surface area (Å²) in [5.41, 5.74) is 0. The van der Waals surface area contributed by atoms with Gasteiger partial charge in [-0.15, -0.1) is 0 Å². The summed E-state index contributed by atoms with van der Waals surface area (Å²) >= 11 is 0. The molecule has 3 atom stereocenters. The number of carbonyl (C=O) groups is 1. The fourth-order valence-corrected chi connectivity index (χ4v) is 6.50. The number of hydrogen-bond donors (Lipinski definition) is 3. The van der Waals surface area contributed by atoms with Gasteiger partial charge in [-0.25, -0.2) is 4.57 Å². The molecule has 9 nitrogen and oxygen atoms in total. The first kappa shape index (κ1) is 47.5. The highest BCUT2D eigenvalue weighted by atomic mass is 31.2. The maximum absolute atomic E-state index is 12.4. The third-order valence-electron chi connectivity index (χ3n) is 8.79. The van der Waals surface area contributed by atoms with Crippen molar-refractivity contribution in [1.82, 2.24) is 0 Å². The van der Waals surface area contributed by atoms with Gasteiger partial charge < -0.3 is 24.6 Å². The van der Waals surface area contributed by atoms with Crippen LogP contribution < -0.4 is 0 Å². The Balaban J connectivity index is 3.98. The molecule has 288 valence electrons. The maximum Gasteiger partial charge on any atom is 0.472 e. The molecule has 0 aliphatic rings. The first-order valence-corrected chi connectivity index (χ1v) is 21.5. The van der Waals surface area contributed by atoms with Gasteiger partial charge in [-0.3, -0.25) is 13.8 Å². The molecule has 0 bridgehead atoms. The van der Waals surface area contributed by atoms with Crippen LogP contribution in [0.4, 0.5) is 0 Å².